The topological polar surface area (TPSA) is 63.7 Å². The number of amides is 2. The Bertz CT molecular complexity index is 789. The maximum atomic E-state index is 12.9. The van der Waals surface area contributed by atoms with Crippen LogP contribution in [-0.2, 0) is 9.53 Å². The molecule has 1 aliphatic rings. The minimum atomic E-state index is -0.701. The largest absolute Gasteiger partial charge is 0.439 e. The Morgan fingerprint density at radius 3 is 2.40 bits per heavy atom. The highest BCUT2D eigenvalue weighted by atomic mass is 19.1. The molecule has 1 fully saturated rings. The van der Waals surface area contributed by atoms with Crippen LogP contribution in [0.1, 0.15) is 34.9 Å². The van der Waals surface area contributed by atoms with Crippen molar-refractivity contribution in [2.24, 2.45) is 0 Å². The molecule has 25 heavy (non-hydrogen) atoms. The zero-order valence-electron chi connectivity index (χ0n) is 13.4. The van der Waals surface area contributed by atoms with E-state index in [2.05, 4.69) is 0 Å². The molecule has 1 aliphatic heterocycles. The van der Waals surface area contributed by atoms with Crippen LogP contribution in [0.5, 0.6) is 0 Å². The second kappa shape index (κ2) is 7.25. The zero-order valence-corrected chi connectivity index (χ0v) is 13.4. The van der Waals surface area contributed by atoms with Crippen LogP contribution in [0, 0.1) is 5.82 Å². The summed E-state index contributed by atoms with van der Waals surface area (Å²) in [6, 6.07) is 14.3. The van der Waals surface area contributed by atoms with Gasteiger partial charge in [0, 0.05) is 18.4 Å². The fourth-order valence-corrected chi connectivity index (χ4v) is 2.64. The molecular weight excluding hydrogens is 325 g/mol. The van der Waals surface area contributed by atoms with Gasteiger partial charge in [0.25, 0.3) is 0 Å². The van der Waals surface area contributed by atoms with Crippen molar-refractivity contribution < 1.29 is 23.5 Å². The highest BCUT2D eigenvalue weighted by Crippen LogP contribution is 2.26. The summed E-state index contributed by atoms with van der Waals surface area (Å²) in [4.78, 5) is 37.2. The van der Waals surface area contributed by atoms with Gasteiger partial charge in [0.2, 0.25) is 5.91 Å². The standard InChI is InChI=1S/C19H16FNO4/c20-15-8-6-13(7-9-15)16(22)10-11-18(23)21-12-17(25-19(21)24)14-4-2-1-3-5-14/h1-9,17H,10-12H2/t17-/m1/s1. The molecule has 1 saturated heterocycles. The lowest BCUT2D eigenvalue weighted by atomic mass is 10.1. The first-order valence-electron chi connectivity index (χ1n) is 7.89. The molecule has 5 nitrogen and oxygen atoms in total. The van der Waals surface area contributed by atoms with Crippen molar-refractivity contribution in [3.8, 4) is 0 Å². The van der Waals surface area contributed by atoms with Gasteiger partial charge in [0.15, 0.2) is 5.78 Å². The monoisotopic (exact) mass is 341 g/mol. The number of ketones is 1. The number of benzene rings is 2. The quantitative estimate of drug-likeness (QED) is 0.781. The van der Waals surface area contributed by atoms with Crippen LogP contribution in [0.25, 0.3) is 0 Å². The lowest BCUT2D eigenvalue weighted by Gasteiger charge is -2.11. The summed E-state index contributed by atoms with van der Waals surface area (Å²) in [7, 11) is 0. The third kappa shape index (κ3) is 3.91. The molecule has 2 amide bonds. The average molecular weight is 341 g/mol. The summed E-state index contributed by atoms with van der Waals surface area (Å²) in [6.07, 6.45) is -1.35. The summed E-state index contributed by atoms with van der Waals surface area (Å²) in [5.41, 5.74) is 1.15. The highest BCUT2D eigenvalue weighted by molar-refractivity contribution is 6.00. The van der Waals surface area contributed by atoms with Crippen LogP contribution in [0.4, 0.5) is 9.18 Å². The van der Waals surface area contributed by atoms with Crippen LogP contribution in [0.3, 0.4) is 0 Å². The number of Topliss-reactive ketones (excluding diaryl/α,β-unsaturated/α-hetero) is 1. The molecule has 2 aromatic rings. The predicted octanol–water partition coefficient (Wildman–Crippen LogP) is 3.51. The summed E-state index contributed by atoms with van der Waals surface area (Å²) >= 11 is 0. The van der Waals surface area contributed by atoms with Gasteiger partial charge in [-0.2, -0.15) is 0 Å². The van der Waals surface area contributed by atoms with Crippen LogP contribution >= 0.6 is 0 Å². The first-order chi connectivity index (χ1) is 12.0. The van der Waals surface area contributed by atoms with Crippen molar-refractivity contribution in [1.29, 1.82) is 0 Å². The molecule has 3 rings (SSSR count). The van der Waals surface area contributed by atoms with Gasteiger partial charge >= 0.3 is 6.09 Å². The Morgan fingerprint density at radius 1 is 1.04 bits per heavy atom. The maximum Gasteiger partial charge on any atom is 0.417 e. The normalized spacial score (nSPS) is 16.6. The van der Waals surface area contributed by atoms with Crippen molar-refractivity contribution in [1.82, 2.24) is 4.90 Å². The Morgan fingerprint density at radius 2 is 1.72 bits per heavy atom. The number of hydrogen-bond donors (Lipinski definition) is 0. The summed E-state index contributed by atoms with van der Waals surface area (Å²) < 4.78 is 18.1. The molecule has 0 N–H and O–H groups in total. The van der Waals surface area contributed by atoms with E-state index < -0.39 is 23.9 Å². The van der Waals surface area contributed by atoms with Crippen LogP contribution in [0.15, 0.2) is 54.6 Å². The summed E-state index contributed by atoms with van der Waals surface area (Å²) in [6.45, 7) is 0.131. The van der Waals surface area contributed by atoms with Crippen LogP contribution < -0.4 is 0 Å². The lowest BCUT2D eigenvalue weighted by molar-refractivity contribution is -0.127. The molecule has 1 heterocycles. The van der Waals surface area contributed by atoms with Gasteiger partial charge in [0.05, 0.1) is 6.54 Å². The highest BCUT2D eigenvalue weighted by Gasteiger charge is 2.36. The molecule has 0 unspecified atom stereocenters. The fourth-order valence-electron chi connectivity index (χ4n) is 2.64. The van der Waals surface area contributed by atoms with E-state index in [9.17, 15) is 18.8 Å². The third-order valence-corrected chi connectivity index (χ3v) is 4.02. The molecule has 0 aromatic heterocycles. The maximum absolute atomic E-state index is 12.9. The van der Waals surface area contributed by atoms with Gasteiger partial charge in [-0.05, 0) is 29.8 Å². The third-order valence-electron chi connectivity index (χ3n) is 4.02. The van der Waals surface area contributed by atoms with Gasteiger partial charge in [-0.15, -0.1) is 0 Å². The van der Waals surface area contributed by atoms with E-state index >= 15 is 0 Å². The first kappa shape index (κ1) is 16.8. The number of imide groups is 1. The van der Waals surface area contributed by atoms with E-state index in [0.717, 1.165) is 10.5 Å². The van der Waals surface area contributed by atoms with Crippen molar-refractivity contribution in [2.75, 3.05) is 6.54 Å². The molecular formula is C19H16FNO4. The average Bonchev–Trinajstić information content (AvgIpc) is 3.02. The Kier molecular flexibility index (Phi) is 4.88. The molecule has 0 radical (unpaired) electrons. The Labute approximate surface area is 144 Å². The Balaban J connectivity index is 1.57. The van der Waals surface area contributed by atoms with E-state index in [4.69, 9.17) is 4.74 Å². The molecule has 0 bridgehead atoms. The van der Waals surface area contributed by atoms with E-state index in [0.29, 0.717) is 5.56 Å². The smallest absolute Gasteiger partial charge is 0.417 e. The van der Waals surface area contributed by atoms with Gasteiger partial charge < -0.3 is 4.74 Å². The van der Waals surface area contributed by atoms with E-state index in [-0.39, 0.29) is 25.2 Å². The van der Waals surface area contributed by atoms with E-state index in [1.807, 2.05) is 30.3 Å². The van der Waals surface area contributed by atoms with Crippen molar-refractivity contribution in [3.05, 3.63) is 71.5 Å². The minimum Gasteiger partial charge on any atom is -0.439 e. The van der Waals surface area contributed by atoms with Gasteiger partial charge in [-0.25, -0.2) is 14.1 Å². The number of cyclic esters (lactones) is 1. The number of nitrogens with zero attached hydrogens (tertiary/aromatic N) is 1. The van der Waals surface area contributed by atoms with Crippen LogP contribution in [-0.4, -0.2) is 29.2 Å². The number of carbonyl (C=O) groups is 3. The number of halogens is 1. The zero-order chi connectivity index (χ0) is 17.8. The minimum absolute atomic E-state index is 0.0513. The first-order valence-corrected chi connectivity index (χ1v) is 7.89. The SMILES string of the molecule is O=C(CCC(=O)N1C[C@H](c2ccccc2)OC1=O)c1ccc(F)cc1. The number of rotatable bonds is 5. The Hall–Kier alpha value is -3.02. The van der Waals surface area contributed by atoms with E-state index in [1.165, 1.54) is 24.3 Å². The number of hydrogen-bond acceptors (Lipinski definition) is 4. The second-order valence-corrected chi connectivity index (χ2v) is 5.72. The fraction of sp³-hybridized carbons (Fsp3) is 0.211. The lowest BCUT2D eigenvalue weighted by Crippen LogP contribution is -2.32. The number of carbonyl (C=O) groups excluding carboxylic acids is 3. The van der Waals surface area contributed by atoms with Crippen molar-refractivity contribution in [2.45, 2.75) is 18.9 Å². The summed E-state index contributed by atoms with van der Waals surface area (Å²) in [5, 5.41) is 0. The van der Waals surface area contributed by atoms with Crippen molar-refractivity contribution >= 4 is 17.8 Å². The molecule has 2 aromatic carbocycles. The molecule has 0 spiro atoms. The molecule has 1 atom stereocenters. The van der Waals surface area contributed by atoms with Gasteiger partial charge in [-0.1, -0.05) is 30.3 Å². The predicted molar refractivity (Wildman–Crippen MR) is 87.3 cm³/mol. The van der Waals surface area contributed by atoms with E-state index in [1.54, 1.807) is 0 Å². The second-order valence-electron chi connectivity index (χ2n) is 5.72. The van der Waals surface area contributed by atoms with Crippen LogP contribution in [0.2, 0.25) is 0 Å². The van der Waals surface area contributed by atoms with Gasteiger partial charge in [-0.3, -0.25) is 9.59 Å². The molecule has 128 valence electrons. The van der Waals surface area contributed by atoms with Crippen molar-refractivity contribution in [3.63, 3.8) is 0 Å². The summed E-state index contributed by atoms with van der Waals surface area (Å²) in [5.74, 6) is -1.17. The van der Waals surface area contributed by atoms with Gasteiger partial charge in [0.1, 0.15) is 11.9 Å². The molecule has 6 heteroatoms. The molecule has 0 saturated carbocycles. The number of ether oxygens (including phenoxy) is 1. The molecule has 0 aliphatic carbocycles.